The number of fused-ring (bicyclic) bond motifs is 2. The highest BCUT2D eigenvalue weighted by molar-refractivity contribution is 5.95. The van der Waals surface area contributed by atoms with Gasteiger partial charge < -0.3 is 9.72 Å². The maximum absolute atomic E-state index is 12.5. The summed E-state index contributed by atoms with van der Waals surface area (Å²) in [5.41, 5.74) is 4.21. The lowest BCUT2D eigenvalue weighted by atomic mass is 9.86. The monoisotopic (exact) mass is 389 g/mol. The van der Waals surface area contributed by atoms with Crippen LogP contribution in [0.2, 0.25) is 0 Å². The summed E-state index contributed by atoms with van der Waals surface area (Å²) in [5, 5.41) is 0.960. The molecule has 3 heterocycles. The number of aromatic amines is 1. The Balaban J connectivity index is 1.55. The number of esters is 1. The third kappa shape index (κ3) is 3.78. The van der Waals surface area contributed by atoms with Gasteiger partial charge >= 0.3 is 5.97 Å². The van der Waals surface area contributed by atoms with Crippen molar-refractivity contribution in [3.8, 4) is 0 Å². The number of pyridine rings is 1. The molecule has 0 atom stereocenters. The highest BCUT2D eigenvalue weighted by Crippen LogP contribution is 2.26. The molecule has 0 aliphatic carbocycles. The molecule has 0 saturated carbocycles. The molecule has 3 aromatic heterocycles. The Morgan fingerprint density at radius 3 is 2.69 bits per heavy atom. The molecule has 1 aromatic carbocycles. The maximum atomic E-state index is 12.5. The Morgan fingerprint density at radius 1 is 1.14 bits per heavy atom. The molecule has 0 spiro atoms. The number of H-pyrrole nitrogens is 1. The van der Waals surface area contributed by atoms with Crippen molar-refractivity contribution in [1.29, 1.82) is 0 Å². The molecular formula is C23H23N3O3. The summed E-state index contributed by atoms with van der Waals surface area (Å²) in [6.07, 6.45) is 1.69. The minimum Gasteiger partial charge on any atom is -0.455 e. The van der Waals surface area contributed by atoms with E-state index in [-0.39, 0.29) is 17.6 Å². The molecule has 4 aromatic rings. The van der Waals surface area contributed by atoms with Gasteiger partial charge in [0.1, 0.15) is 17.9 Å². The summed E-state index contributed by atoms with van der Waals surface area (Å²) >= 11 is 0. The van der Waals surface area contributed by atoms with Crippen molar-refractivity contribution >= 4 is 22.5 Å². The van der Waals surface area contributed by atoms with Crippen molar-refractivity contribution in [1.82, 2.24) is 14.4 Å². The minimum atomic E-state index is -0.482. The lowest BCUT2D eigenvalue weighted by Crippen LogP contribution is -2.16. The number of ether oxygens (including phenoxy) is 1. The van der Waals surface area contributed by atoms with Gasteiger partial charge in [-0.05, 0) is 53.8 Å². The van der Waals surface area contributed by atoms with Gasteiger partial charge in [0, 0.05) is 23.2 Å². The van der Waals surface area contributed by atoms with E-state index in [1.807, 2.05) is 25.1 Å². The van der Waals surface area contributed by atoms with Crippen LogP contribution in [0.1, 0.15) is 48.1 Å². The van der Waals surface area contributed by atoms with Gasteiger partial charge in [-0.2, -0.15) is 0 Å². The minimum absolute atomic E-state index is 0.0281. The molecule has 0 unspecified atom stereocenters. The first-order valence-electron chi connectivity index (χ1n) is 9.50. The van der Waals surface area contributed by atoms with Gasteiger partial charge in [-0.1, -0.05) is 26.8 Å². The molecule has 29 heavy (non-hydrogen) atoms. The van der Waals surface area contributed by atoms with Crippen LogP contribution in [0.5, 0.6) is 0 Å². The van der Waals surface area contributed by atoms with E-state index in [9.17, 15) is 9.59 Å². The molecular weight excluding hydrogens is 366 g/mol. The first-order chi connectivity index (χ1) is 13.7. The molecule has 148 valence electrons. The predicted octanol–water partition coefficient (Wildman–Crippen LogP) is 4.14. The van der Waals surface area contributed by atoms with E-state index < -0.39 is 5.97 Å². The molecule has 4 rings (SSSR count). The number of benzene rings is 1. The van der Waals surface area contributed by atoms with E-state index in [1.54, 1.807) is 12.3 Å². The third-order valence-electron chi connectivity index (χ3n) is 4.93. The van der Waals surface area contributed by atoms with E-state index in [1.165, 1.54) is 16.0 Å². The van der Waals surface area contributed by atoms with Gasteiger partial charge in [-0.25, -0.2) is 9.78 Å². The molecule has 6 heteroatoms. The first-order valence-corrected chi connectivity index (χ1v) is 9.50. The third-order valence-corrected chi connectivity index (χ3v) is 4.93. The molecule has 0 bridgehead atoms. The summed E-state index contributed by atoms with van der Waals surface area (Å²) in [6, 6.07) is 12.9. The van der Waals surface area contributed by atoms with Crippen molar-refractivity contribution in [2.24, 2.45) is 0 Å². The van der Waals surface area contributed by atoms with Crippen LogP contribution in [0.3, 0.4) is 0 Å². The fourth-order valence-electron chi connectivity index (χ4n) is 3.25. The number of aromatic nitrogens is 3. The average molecular weight is 389 g/mol. The van der Waals surface area contributed by atoms with E-state index >= 15 is 0 Å². The SMILES string of the molecule is Cc1ccn2c(=O)cc(COC(=O)c3cc4cc(C(C)(C)C)ccc4[nH]3)nc2c1. The van der Waals surface area contributed by atoms with Gasteiger partial charge in [0.25, 0.3) is 5.56 Å². The van der Waals surface area contributed by atoms with Crippen molar-refractivity contribution < 1.29 is 9.53 Å². The number of carbonyl (C=O) groups excluding carboxylic acids is 1. The van der Waals surface area contributed by atoms with Crippen molar-refractivity contribution in [3.63, 3.8) is 0 Å². The fourth-order valence-corrected chi connectivity index (χ4v) is 3.25. The van der Waals surface area contributed by atoms with Crippen LogP contribution in [-0.4, -0.2) is 20.3 Å². The van der Waals surface area contributed by atoms with Crippen LogP contribution in [-0.2, 0) is 16.8 Å². The van der Waals surface area contributed by atoms with Crippen molar-refractivity contribution in [2.45, 2.75) is 39.7 Å². The van der Waals surface area contributed by atoms with E-state index in [2.05, 4.69) is 42.9 Å². The first kappa shape index (κ1) is 18.9. The summed E-state index contributed by atoms with van der Waals surface area (Å²) in [4.78, 5) is 32.3. The second-order valence-corrected chi connectivity index (χ2v) is 8.33. The van der Waals surface area contributed by atoms with Crippen LogP contribution >= 0.6 is 0 Å². The molecule has 0 radical (unpaired) electrons. The topological polar surface area (TPSA) is 76.5 Å². The maximum Gasteiger partial charge on any atom is 0.355 e. The zero-order valence-electron chi connectivity index (χ0n) is 16.9. The van der Waals surface area contributed by atoms with Gasteiger partial charge in [0.15, 0.2) is 0 Å². The fraction of sp³-hybridized carbons (Fsp3) is 0.261. The van der Waals surface area contributed by atoms with Crippen LogP contribution in [0, 0.1) is 6.92 Å². The molecule has 0 fully saturated rings. The number of hydrogen-bond acceptors (Lipinski definition) is 4. The van der Waals surface area contributed by atoms with E-state index in [0.29, 0.717) is 17.0 Å². The summed E-state index contributed by atoms with van der Waals surface area (Å²) in [5.74, 6) is -0.482. The number of nitrogens with one attached hydrogen (secondary N) is 1. The van der Waals surface area contributed by atoms with Crippen LogP contribution in [0.15, 0.2) is 53.5 Å². The quantitative estimate of drug-likeness (QED) is 0.534. The zero-order valence-corrected chi connectivity index (χ0v) is 16.9. The van der Waals surface area contributed by atoms with Gasteiger partial charge in [0.2, 0.25) is 0 Å². The average Bonchev–Trinajstić information content (AvgIpc) is 3.08. The highest BCUT2D eigenvalue weighted by Gasteiger charge is 2.16. The zero-order chi connectivity index (χ0) is 20.8. The molecule has 0 aliphatic heterocycles. The Morgan fingerprint density at radius 2 is 1.93 bits per heavy atom. The Kier molecular flexibility index (Phi) is 4.49. The number of nitrogens with zero attached hydrogens (tertiary/aromatic N) is 2. The van der Waals surface area contributed by atoms with Crippen molar-refractivity contribution in [2.75, 3.05) is 0 Å². The van der Waals surface area contributed by atoms with Crippen LogP contribution in [0.25, 0.3) is 16.6 Å². The molecule has 0 amide bonds. The van der Waals surface area contributed by atoms with Gasteiger partial charge in [0.05, 0.1) is 5.69 Å². The van der Waals surface area contributed by atoms with Gasteiger partial charge in [-0.15, -0.1) is 0 Å². The van der Waals surface area contributed by atoms with E-state index in [4.69, 9.17) is 4.74 Å². The summed E-state index contributed by atoms with van der Waals surface area (Å²) in [6.45, 7) is 8.31. The second kappa shape index (κ2) is 6.88. The number of hydrogen-bond donors (Lipinski definition) is 1. The summed E-state index contributed by atoms with van der Waals surface area (Å²) < 4.78 is 6.86. The number of rotatable bonds is 3. The molecule has 6 nitrogen and oxygen atoms in total. The summed E-state index contributed by atoms with van der Waals surface area (Å²) in [7, 11) is 0. The normalized spacial score (nSPS) is 11.9. The smallest absolute Gasteiger partial charge is 0.355 e. The predicted molar refractivity (Wildman–Crippen MR) is 112 cm³/mol. The van der Waals surface area contributed by atoms with E-state index in [0.717, 1.165) is 16.5 Å². The second-order valence-electron chi connectivity index (χ2n) is 8.33. The van der Waals surface area contributed by atoms with Gasteiger partial charge in [-0.3, -0.25) is 9.20 Å². The van der Waals surface area contributed by atoms with Crippen LogP contribution < -0.4 is 5.56 Å². The number of carbonyl (C=O) groups is 1. The van der Waals surface area contributed by atoms with Crippen LogP contribution in [0.4, 0.5) is 0 Å². The Hall–Kier alpha value is -3.41. The lowest BCUT2D eigenvalue weighted by molar-refractivity contribution is 0.0462. The molecule has 0 saturated heterocycles. The Labute approximate surface area is 168 Å². The lowest BCUT2D eigenvalue weighted by Gasteiger charge is -2.18. The highest BCUT2D eigenvalue weighted by atomic mass is 16.5. The molecule has 0 aliphatic rings. The Bertz CT molecular complexity index is 1290. The largest absolute Gasteiger partial charge is 0.455 e. The number of aryl methyl sites for hydroxylation is 1. The van der Waals surface area contributed by atoms with Crippen molar-refractivity contribution in [3.05, 3.63) is 81.5 Å². The molecule has 1 N–H and O–H groups in total. The standard InChI is InChI=1S/C23H23N3O3/c1-14-7-8-26-20(9-14)24-17(12-21(26)27)13-29-22(28)19-11-15-10-16(23(2,3)4)5-6-18(15)25-19/h5-12,25H,13H2,1-4H3.